The van der Waals surface area contributed by atoms with Crippen molar-refractivity contribution in [1.82, 2.24) is 9.71 Å². The molecule has 9 heteroatoms. The number of rotatable bonds is 8. The number of benzene rings is 3. The Bertz CT molecular complexity index is 1630. The predicted molar refractivity (Wildman–Crippen MR) is 146 cm³/mol. The molecule has 1 amide bonds. The second-order valence-corrected chi connectivity index (χ2v) is 11.1. The SMILES string of the molecule is CC(=C(F)C(=O)Nc1ccc(-c2ccc(S(=O)(=O)NCC(C)C)cc2)cc1F)c1ccc2ccncc2c1. The molecular formula is C29H27F2N3O3S. The molecule has 0 fully saturated rings. The van der Waals surface area contributed by atoms with Crippen molar-refractivity contribution < 1.29 is 22.0 Å². The Hall–Kier alpha value is -3.95. The normalized spacial score (nSPS) is 12.5. The molecule has 0 spiro atoms. The van der Waals surface area contributed by atoms with E-state index >= 15 is 0 Å². The molecule has 0 atom stereocenters. The van der Waals surface area contributed by atoms with Crippen molar-refractivity contribution >= 4 is 38.0 Å². The maximum absolute atomic E-state index is 14.9. The molecule has 4 aromatic rings. The number of hydrogen-bond acceptors (Lipinski definition) is 4. The summed E-state index contributed by atoms with van der Waals surface area (Å²) in [5, 5.41) is 4.02. The zero-order chi connectivity index (χ0) is 27.4. The summed E-state index contributed by atoms with van der Waals surface area (Å²) in [6.45, 7) is 5.60. The maximum atomic E-state index is 14.9. The van der Waals surface area contributed by atoms with Gasteiger partial charge in [-0.1, -0.05) is 44.2 Å². The van der Waals surface area contributed by atoms with Crippen LogP contribution >= 0.6 is 0 Å². The number of hydrogen-bond donors (Lipinski definition) is 2. The van der Waals surface area contributed by atoms with Gasteiger partial charge in [-0.25, -0.2) is 21.9 Å². The first-order valence-electron chi connectivity index (χ1n) is 12.0. The molecule has 0 aliphatic rings. The topological polar surface area (TPSA) is 88.2 Å². The number of pyridine rings is 1. The van der Waals surface area contributed by atoms with Crippen LogP contribution in [0.3, 0.4) is 0 Å². The van der Waals surface area contributed by atoms with Crippen molar-refractivity contribution in [2.75, 3.05) is 11.9 Å². The average Bonchev–Trinajstić information content (AvgIpc) is 2.92. The number of fused-ring (bicyclic) bond motifs is 1. The van der Waals surface area contributed by atoms with Crippen molar-refractivity contribution in [3.05, 3.63) is 96.3 Å². The van der Waals surface area contributed by atoms with Gasteiger partial charge in [-0.05, 0) is 76.9 Å². The van der Waals surface area contributed by atoms with Gasteiger partial charge < -0.3 is 5.32 Å². The molecule has 0 unspecified atom stereocenters. The number of aromatic nitrogens is 1. The number of amides is 1. The van der Waals surface area contributed by atoms with Crippen LogP contribution in [0, 0.1) is 11.7 Å². The molecule has 0 saturated heterocycles. The molecule has 6 nitrogen and oxygen atoms in total. The Morgan fingerprint density at radius 2 is 1.66 bits per heavy atom. The number of halogens is 2. The van der Waals surface area contributed by atoms with Gasteiger partial charge in [-0.3, -0.25) is 9.78 Å². The highest BCUT2D eigenvalue weighted by atomic mass is 32.2. The van der Waals surface area contributed by atoms with Crippen LogP contribution in [0.1, 0.15) is 26.3 Å². The van der Waals surface area contributed by atoms with E-state index in [-0.39, 0.29) is 22.1 Å². The third kappa shape index (κ3) is 6.12. The van der Waals surface area contributed by atoms with E-state index in [0.717, 1.165) is 10.8 Å². The maximum Gasteiger partial charge on any atom is 0.284 e. The largest absolute Gasteiger partial charge is 0.317 e. The van der Waals surface area contributed by atoms with Gasteiger partial charge in [0.15, 0.2) is 5.83 Å². The molecular weight excluding hydrogens is 508 g/mol. The van der Waals surface area contributed by atoms with E-state index in [4.69, 9.17) is 0 Å². The number of nitrogens with zero attached hydrogens (tertiary/aromatic N) is 1. The van der Waals surface area contributed by atoms with Gasteiger partial charge in [0.1, 0.15) is 5.82 Å². The molecule has 0 aliphatic heterocycles. The number of carbonyl (C=O) groups excluding carboxylic acids is 1. The molecule has 3 aromatic carbocycles. The summed E-state index contributed by atoms with van der Waals surface area (Å²) in [6, 6.07) is 17.2. The lowest BCUT2D eigenvalue weighted by molar-refractivity contribution is -0.114. The summed E-state index contributed by atoms with van der Waals surface area (Å²) in [5.74, 6) is -2.69. The monoisotopic (exact) mass is 535 g/mol. The minimum Gasteiger partial charge on any atom is -0.317 e. The molecule has 196 valence electrons. The Labute approximate surface area is 220 Å². The number of carbonyl (C=O) groups is 1. The first-order chi connectivity index (χ1) is 18.0. The lowest BCUT2D eigenvalue weighted by atomic mass is 10.0. The van der Waals surface area contributed by atoms with Crippen LogP contribution in [0.4, 0.5) is 14.5 Å². The summed E-state index contributed by atoms with van der Waals surface area (Å²) in [4.78, 5) is 16.7. The Balaban J connectivity index is 1.50. The lowest BCUT2D eigenvalue weighted by Crippen LogP contribution is -2.27. The molecule has 38 heavy (non-hydrogen) atoms. The molecule has 2 N–H and O–H groups in total. The van der Waals surface area contributed by atoms with Crippen molar-refractivity contribution in [2.45, 2.75) is 25.7 Å². The highest BCUT2D eigenvalue weighted by molar-refractivity contribution is 7.89. The third-order valence-electron chi connectivity index (χ3n) is 6.00. The summed E-state index contributed by atoms with van der Waals surface area (Å²) in [7, 11) is -3.64. The van der Waals surface area contributed by atoms with Gasteiger partial charge in [0.25, 0.3) is 5.91 Å². The summed E-state index contributed by atoms with van der Waals surface area (Å²) < 4.78 is 57.1. The zero-order valence-electron chi connectivity index (χ0n) is 21.1. The Morgan fingerprint density at radius 1 is 0.947 bits per heavy atom. The molecule has 0 bridgehead atoms. The first-order valence-corrected chi connectivity index (χ1v) is 13.4. The smallest absolute Gasteiger partial charge is 0.284 e. The van der Waals surface area contributed by atoms with Crippen LogP contribution in [-0.4, -0.2) is 25.9 Å². The van der Waals surface area contributed by atoms with Gasteiger partial charge >= 0.3 is 0 Å². The van der Waals surface area contributed by atoms with Gasteiger partial charge in [0.2, 0.25) is 10.0 Å². The van der Waals surface area contributed by atoms with Crippen LogP contribution in [0.25, 0.3) is 27.5 Å². The van der Waals surface area contributed by atoms with Gasteiger partial charge in [-0.2, -0.15) is 0 Å². The minimum atomic E-state index is -3.64. The van der Waals surface area contributed by atoms with E-state index in [1.54, 1.807) is 42.7 Å². The molecule has 1 aromatic heterocycles. The fraction of sp³-hybridized carbons (Fsp3) is 0.172. The Morgan fingerprint density at radius 3 is 2.34 bits per heavy atom. The molecule has 0 aliphatic carbocycles. The molecule has 0 saturated carbocycles. The van der Waals surface area contributed by atoms with Crippen molar-refractivity contribution in [1.29, 1.82) is 0 Å². The standard InChI is InChI=1S/C29H27F2N3O3S/c1-18(2)16-33-38(36,37)25-9-6-20(7-10-25)23-8-11-27(26(30)15-23)34-29(35)28(31)19(3)22-5-4-21-12-13-32-17-24(21)14-22/h4-15,17-18,33H,16H2,1-3H3,(H,34,35). The average molecular weight is 536 g/mol. The van der Waals surface area contributed by atoms with E-state index in [1.807, 2.05) is 26.0 Å². The summed E-state index contributed by atoms with van der Waals surface area (Å²) in [6.07, 6.45) is 3.31. The second kappa shape index (κ2) is 11.2. The van der Waals surface area contributed by atoms with E-state index in [1.165, 1.54) is 31.2 Å². The third-order valence-corrected chi connectivity index (χ3v) is 7.44. The zero-order valence-corrected chi connectivity index (χ0v) is 21.9. The van der Waals surface area contributed by atoms with Crippen LogP contribution in [-0.2, 0) is 14.8 Å². The quantitative estimate of drug-likeness (QED) is 0.259. The van der Waals surface area contributed by atoms with Gasteiger partial charge in [0.05, 0.1) is 10.6 Å². The summed E-state index contributed by atoms with van der Waals surface area (Å²) >= 11 is 0. The van der Waals surface area contributed by atoms with Crippen molar-refractivity contribution in [3.8, 4) is 11.1 Å². The lowest BCUT2D eigenvalue weighted by Gasteiger charge is -2.11. The first kappa shape index (κ1) is 27.1. The van der Waals surface area contributed by atoms with Crippen LogP contribution < -0.4 is 10.0 Å². The Kier molecular flexibility index (Phi) is 7.99. The fourth-order valence-corrected chi connectivity index (χ4v) is 4.99. The minimum absolute atomic E-state index is 0.103. The number of anilines is 1. The van der Waals surface area contributed by atoms with Crippen molar-refractivity contribution in [3.63, 3.8) is 0 Å². The van der Waals surface area contributed by atoms with Gasteiger partial charge in [0, 0.05) is 24.3 Å². The number of sulfonamides is 1. The highest BCUT2D eigenvalue weighted by Crippen LogP contribution is 2.28. The van der Waals surface area contributed by atoms with Crippen LogP contribution in [0.5, 0.6) is 0 Å². The molecule has 0 radical (unpaired) electrons. The van der Waals surface area contributed by atoms with E-state index < -0.39 is 27.6 Å². The van der Waals surface area contributed by atoms with E-state index in [2.05, 4.69) is 15.0 Å². The fourth-order valence-electron chi connectivity index (χ4n) is 3.77. The number of allylic oxidation sites excluding steroid dienone is 1. The number of nitrogens with one attached hydrogen (secondary N) is 2. The van der Waals surface area contributed by atoms with Crippen LogP contribution in [0.15, 0.2) is 89.8 Å². The molecule has 4 rings (SSSR count). The predicted octanol–water partition coefficient (Wildman–Crippen LogP) is 6.31. The van der Waals surface area contributed by atoms with Gasteiger partial charge in [-0.15, -0.1) is 0 Å². The van der Waals surface area contributed by atoms with Crippen LogP contribution in [0.2, 0.25) is 0 Å². The van der Waals surface area contributed by atoms with E-state index in [9.17, 15) is 22.0 Å². The van der Waals surface area contributed by atoms with Crippen molar-refractivity contribution in [2.24, 2.45) is 5.92 Å². The molecule has 1 heterocycles. The van der Waals surface area contributed by atoms with E-state index in [0.29, 0.717) is 23.2 Å². The summed E-state index contributed by atoms with van der Waals surface area (Å²) in [5.41, 5.74) is 1.50. The second-order valence-electron chi connectivity index (χ2n) is 9.30. The highest BCUT2D eigenvalue weighted by Gasteiger charge is 2.18.